The Morgan fingerprint density at radius 2 is 1.85 bits per heavy atom. The molecule has 1 N–H and O–H groups in total. The maximum Gasteiger partial charge on any atom is 0.321 e. The summed E-state index contributed by atoms with van der Waals surface area (Å²) in [6.07, 6.45) is 3.07. The number of urea groups is 1. The highest BCUT2D eigenvalue weighted by molar-refractivity contribution is 8.00. The summed E-state index contributed by atoms with van der Waals surface area (Å²) >= 11 is 1.82. The number of nitrogens with one attached hydrogen (secondary N) is 1. The van der Waals surface area contributed by atoms with E-state index >= 15 is 0 Å². The normalized spacial score (nSPS) is 18.7. The minimum absolute atomic E-state index is 0.0532. The lowest BCUT2D eigenvalue weighted by Gasteiger charge is -2.43. The monoisotopic (exact) mass is 385 g/mol. The van der Waals surface area contributed by atoms with Crippen LogP contribution in [0.2, 0.25) is 0 Å². The van der Waals surface area contributed by atoms with Crippen molar-refractivity contribution in [3.8, 4) is 0 Å². The lowest BCUT2D eigenvalue weighted by molar-refractivity contribution is 0.0554. The summed E-state index contributed by atoms with van der Waals surface area (Å²) in [6.45, 7) is 4.00. The molecule has 2 fully saturated rings. The number of likely N-dealkylation sites (tertiary alicyclic amines) is 1. The van der Waals surface area contributed by atoms with Crippen molar-refractivity contribution in [2.24, 2.45) is 0 Å². The van der Waals surface area contributed by atoms with Gasteiger partial charge in [0, 0.05) is 31.1 Å². The van der Waals surface area contributed by atoms with Gasteiger partial charge >= 0.3 is 6.03 Å². The maximum absolute atomic E-state index is 12.8. The Morgan fingerprint density at radius 1 is 1.11 bits per heavy atom. The van der Waals surface area contributed by atoms with Gasteiger partial charge in [-0.05, 0) is 44.0 Å². The number of carbonyl (C=O) groups is 2. The topological polar surface area (TPSA) is 65.8 Å². The first-order valence-corrected chi connectivity index (χ1v) is 10.2. The molecule has 2 aliphatic rings. The second-order valence-corrected chi connectivity index (χ2v) is 8.47. The smallest absolute Gasteiger partial charge is 0.321 e. The molecule has 0 atom stereocenters. The van der Waals surface area contributed by atoms with Crippen molar-refractivity contribution in [1.82, 2.24) is 9.80 Å². The molecule has 0 radical (unpaired) electrons. The van der Waals surface area contributed by atoms with Gasteiger partial charge in [0.15, 0.2) is 5.76 Å². The lowest BCUT2D eigenvalue weighted by Crippen LogP contribution is -2.54. The molecule has 0 aliphatic carbocycles. The quantitative estimate of drug-likeness (QED) is 0.854. The van der Waals surface area contributed by atoms with Crippen LogP contribution in [0.1, 0.15) is 29.0 Å². The van der Waals surface area contributed by atoms with Crippen LogP contribution in [0.3, 0.4) is 0 Å². The summed E-state index contributed by atoms with van der Waals surface area (Å²) in [5.41, 5.74) is 1.96. The Balaban J connectivity index is 1.39. The number of hydrogen-bond acceptors (Lipinski definition) is 4. The molecule has 2 aliphatic heterocycles. The van der Waals surface area contributed by atoms with E-state index < -0.39 is 0 Å². The van der Waals surface area contributed by atoms with Crippen LogP contribution in [-0.4, -0.2) is 52.0 Å². The van der Waals surface area contributed by atoms with Crippen molar-refractivity contribution in [2.45, 2.75) is 24.6 Å². The number of anilines is 1. The molecule has 142 valence electrons. The molecule has 1 aromatic carbocycles. The van der Waals surface area contributed by atoms with Gasteiger partial charge in [0.25, 0.3) is 5.91 Å². The van der Waals surface area contributed by atoms with Gasteiger partial charge < -0.3 is 19.5 Å². The second-order valence-electron chi connectivity index (χ2n) is 7.01. The molecule has 3 amide bonds. The molecule has 2 aromatic rings. The number of thioether (sulfide) groups is 1. The van der Waals surface area contributed by atoms with Crippen LogP contribution in [0, 0.1) is 6.92 Å². The first-order valence-electron chi connectivity index (χ1n) is 9.19. The van der Waals surface area contributed by atoms with Gasteiger partial charge in [0.05, 0.1) is 11.1 Å². The van der Waals surface area contributed by atoms with E-state index in [4.69, 9.17) is 4.42 Å². The van der Waals surface area contributed by atoms with Gasteiger partial charge in [0.1, 0.15) is 0 Å². The number of aryl methyl sites for hydroxylation is 1. The van der Waals surface area contributed by atoms with Gasteiger partial charge in [-0.2, -0.15) is 0 Å². The zero-order valence-corrected chi connectivity index (χ0v) is 16.1. The average Bonchev–Trinajstić information content (AvgIpc) is 3.34. The van der Waals surface area contributed by atoms with Crippen molar-refractivity contribution in [2.75, 3.05) is 30.7 Å². The Morgan fingerprint density at radius 3 is 2.52 bits per heavy atom. The molecule has 27 heavy (non-hydrogen) atoms. The SMILES string of the molecule is Cc1ccc(NC(=O)N2CCC3(CC2)SCCN3C(=O)c2ccco2)cc1. The molecule has 7 heteroatoms. The fourth-order valence-electron chi connectivity index (χ4n) is 3.74. The summed E-state index contributed by atoms with van der Waals surface area (Å²) in [7, 11) is 0. The fourth-order valence-corrected chi connectivity index (χ4v) is 5.20. The van der Waals surface area contributed by atoms with E-state index in [1.807, 2.05) is 52.8 Å². The van der Waals surface area contributed by atoms with Crippen LogP contribution in [-0.2, 0) is 0 Å². The molecular formula is C20H23N3O3S. The van der Waals surface area contributed by atoms with E-state index in [1.54, 1.807) is 12.1 Å². The van der Waals surface area contributed by atoms with Crippen LogP contribution in [0.5, 0.6) is 0 Å². The fraction of sp³-hybridized carbons (Fsp3) is 0.400. The molecule has 1 aromatic heterocycles. The van der Waals surface area contributed by atoms with Crippen LogP contribution in [0.4, 0.5) is 10.5 Å². The van der Waals surface area contributed by atoms with Crippen LogP contribution in [0.15, 0.2) is 47.1 Å². The average molecular weight is 385 g/mol. The largest absolute Gasteiger partial charge is 0.459 e. The third kappa shape index (κ3) is 3.56. The zero-order chi connectivity index (χ0) is 18.9. The van der Waals surface area contributed by atoms with Crippen molar-refractivity contribution < 1.29 is 14.0 Å². The van der Waals surface area contributed by atoms with Crippen molar-refractivity contribution in [1.29, 1.82) is 0 Å². The van der Waals surface area contributed by atoms with Crippen LogP contribution in [0.25, 0.3) is 0 Å². The highest BCUT2D eigenvalue weighted by Crippen LogP contribution is 2.44. The maximum atomic E-state index is 12.8. The number of furan rings is 1. The number of amides is 3. The van der Waals surface area contributed by atoms with Gasteiger partial charge in [-0.3, -0.25) is 4.79 Å². The van der Waals surface area contributed by atoms with E-state index in [2.05, 4.69) is 5.32 Å². The minimum Gasteiger partial charge on any atom is -0.459 e. The molecule has 0 unspecified atom stereocenters. The number of carbonyl (C=O) groups excluding carboxylic acids is 2. The van der Waals surface area contributed by atoms with Crippen LogP contribution < -0.4 is 5.32 Å². The molecule has 0 bridgehead atoms. The van der Waals surface area contributed by atoms with Crippen molar-refractivity contribution in [3.63, 3.8) is 0 Å². The van der Waals surface area contributed by atoms with Gasteiger partial charge in [-0.15, -0.1) is 11.8 Å². The number of piperidine rings is 1. The predicted octanol–water partition coefficient (Wildman–Crippen LogP) is 3.80. The second kappa shape index (κ2) is 7.31. The third-order valence-corrected chi connectivity index (χ3v) is 6.84. The van der Waals surface area contributed by atoms with E-state index in [9.17, 15) is 9.59 Å². The lowest BCUT2D eigenvalue weighted by atomic mass is 10.0. The Labute approximate surface area is 162 Å². The highest BCUT2D eigenvalue weighted by Gasteiger charge is 2.47. The summed E-state index contributed by atoms with van der Waals surface area (Å²) in [4.78, 5) is 28.9. The van der Waals surface area contributed by atoms with Gasteiger partial charge in [0.2, 0.25) is 0 Å². The molecule has 3 heterocycles. The first kappa shape index (κ1) is 18.0. The Hall–Kier alpha value is -2.41. The number of benzene rings is 1. The molecule has 2 saturated heterocycles. The van der Waals surface area contributed by atoms with Gasteiger partial charge in [-0.25, -0.2) is 4.79 Å². The minimum atomic E-state index is -0.232. The van der Waals surface area contributed by atoms with E-state index in [0.717, 1.165) is 36.4 Å². The number of rotatable bonds is 2. The molecule has 4 rings (SSSR count). The molecule has 6 nitrogen and oxygen atoms in total. The first-order chi connectivity index (χ1) is 13.1. The zero-order valence-electron chi connectivity index (χ0n) is 15.3. The van der Waals surface area contributed by atoms with E-state index in [1.165, 1.54) is 6.26 Å². The standard InChI is InChI=1S/C20H23N3O3S/c1-15-4-6-16(7-5-15)21-19(25)22-10-8-20(9-11-22)23(12-14-27-20)18(24)17-3-2-13-26-17/h2-7,13H,8-12,14H2,1H3,(H,21,25). The van der Waals surface area contributed by atoms with Crippen molar-refractivity contribution in [3.05, 3.63) is 54.0 Å². The van der Waals surface area contributed by atoms with E-state index in [-0.39, 0.29) is 16.8 Å². The van der Waals surface area contributed by atoms with Gasteiger partial charge in [-0.1, -0.05) is 17.7 Å². The molecular weight excluding hydrogens is 362 g/mol. The summed E-state index contributed by atoms with van der Waals surface area (Å²) in [5, 5.41) is 2.96. The number of hydrogen-bond donors (Lipinski definition) is 1. The van der Waals surface area contributed by atoms with Crippen LogP contribution >= 0.6 is 11.8 Å². The summed E-state index contributed by atoms with van der Waals surface area (Å²) < 4.78 is 5.30. The third-order valence-electron chi connectivity index (χ3n) is 5.29. The number of nitrogens with zero attached hydrogens (tertiary/aromatic N) is 2. The molecule has 0 saturated carbocycles. The Kier molecular flexibility index (Phi) is 4.86. The predicted molar refractivity (Wildman–Crippen MR) is 106 cm³/mol. The molecule has 1 spiro atoms. The van der Waals surface area contributed by atoms with Crippen molar-refractivity contribution >= 4 is 29.4 Å². The summed E-state index contributed by atoms with van der Waals surface area (Å²) in [5.74, 6) is 1.25. The Bertz CT molecular complexity index is 812. The summed E-state index contributed by atoms with van der Waals surface area (Å²) in [6, 6.07) is 11.2. The highest BCUT2D eigenvalue weighted by atomic mass is 32.2. The van der Waals surface area contributed by atoms with E-state index in [0.29, 0.717) is 18.8 Å².